The lowest BCUT2D eigenvalue weighted by Gasteiger charge is -2.32. The van der Waals surface area contributed by atoms with Gasteiger partial charge in [0.25, 0.3) is 0 Å². The van der Waals surface area contributed by atoms with Gasteiger partial charge in [-0.3, -0.25) is 0 Å². The summed E-state index contributed by atoms with van der Waals surface area (Å²) in [7, 11) is 2.06. The van der Waals surface area contributed by atoms with Crippen molar-refractivity contribution in [3.8, 4) is 0 Å². The molecule has 1 saturated carbocycles. The van der Waals surface area contributed by atoms with Crippen molar-refractivity contribution >= 4 is 22.7 Å². The smallest absolute Gasteiger partial charge is 0.172 e. The molecule has 1 aliphatic heterocycles. The summed E-state index contributed by atoms with van der Waals surface area (Å²) >= 11 is 0. The van der Waals surface area contributed by atoms with Crippen LogP contribution in [0.1, 0.15) is 19.3 Å². The van der Waals surface area contributed by atoms with E-state index in [0.29, 0.717) is 5.92 Å². The van der Waals surface area contributed by atoms with E-state index in [4.69, 9.17) is 14.7 Å². The number of aliphatic hydroxyl groups excluding tert-OH is 1. The van der Waals surface area contributed by atoms with Gasteiger partial charge in [-0.1, -0.05) is 18.6 Å². The fourth-order valence-corrected chi connectivity index (χ4v) is 3.89. The summed E-state index contributed by atoms with van der Waals surface area (Å²) in [6.45, 7) is 3.92. The van der Waals surface area contributed by atoms with E-state index < -0.39 is 0 Å². The van der Waals surface area contributed by atoms with Crippen molar-refractivity contribution in [3.05, 3.63) is 24.3 Å². The van der Waals surface area contributed by atoms with E-state index in [9.17, 15) is 5.11 Å². The normalized spacial score (nSPS) is 24.0. The molecule has 1 aliphatic carbocycles. The lowest BCUT2D eigenvalue weighted by Crippen LogP contribution is -2.39. The summed E-state index contributed by atoms with van der Waals surface area (Å²) in [4.78, 5) is 14.3. The largest absolute Gasteiger partial charge is 0.393 e. The van der Waals surface area contributed by atoms with Gasteiger partial charge in [-0.25, -0.2) is 9.97 Å². The predicted molar refractivity (Wildman–Crippen MR) is 99.2 cm³/mol. The van der Waals surface area contributed by atoms with Crippen LogP contribution in [0.25, 0.3) is 11.0 Å². The molecule has 0 bridgehead atoms. The molecule has 6 nitrogen and oxygen atoms in total. The Bertz CT molecular complexity index is 732. The van der Waals surface area contributed by atoms with Crippen LogP contribution >= 0.6 is 0 Å². The Morgan fingerprint density at radius 3 is 2.56 bits per heavy atom. The Hall–Kier alpha value is -1.92. The number of fused-ring (bicyclic) bond motifs is 1. The van der Waals surface area contributed by atoms with Crippen LogP contribution < -0.4 is 9.80 Å². The topological polar surface area (TPSA) is 61.7 Å². The summed E-state index contributed by atoms with van der Waals surface area (Å²) in [5, 5.41) is 10.2. The van der Waals surface area contributed by atoms with E-state index in [1.807, 2.05) is 24.3 Å². The summed E-state index contributed by atoms with van der Waals surface area (Å²) < 4.78 is 5.49. The number of aliphatic hydroxyl groups is 1. The molecule has 6 heteroatoms. The Labute approximate surface area is 148 Å². The number of ether oxygens (including phenoxy) is 1. The zero-order valence-electron chi connectivity index (χ0n) is 14.8. The Morgan fingerprint density at radius 1 is 1.16 bits per heavy atom. The SMILES string of the molecule is CN(C[C@@H]1CCC[C@@H]1O)c1nc2ccccc2nc1N1CCOCC1. The van der Waals surface area contributed by atoms with E-state index in [1.54, 1.807) is 0 Å². The predicted octanol–water partition coefficient (Wildman–Crippen LogP) is 2.06. The molecular formula is C19H26N4O2. The van der Waals surface area contributed by atoms with Crippen molar-refractivity contribution in [2.45, 2.75) is 25.4 Å². The average Bonchev–Trinajstić information content (AvgIpc) is 3.06. The number of para-hydroxylation sites is 2. The van der Waals surface area contributed by atoms with Crippen molar-refractivity contribution in [3.63, 3.8) is 0 Å². The van der Waals surface area contributed by atoms with E-state index in [-0.39, 0.29) is 6.10 Å². The van der Waals surface area contributed by atoms with Crippen LogP contribution in [0.3, 0.4) is 0 Å². The molecule has 1 saturated heterocycles. The maximum absolute atomic E-state index is 10.2. The highest BCUT2D eigenvalue weighted by atomic mass is 16.5. The Balaban J connectivity index is 1.69. The lowest BCUT2D eigenvalue weighted by atomic mass is 10.1. The molecule has 25 heavy (non-hydrogen) atoms. The van der Waals surface area contributed by atoms with Crippen molar-refractivity contribution in [1.29, 1.82) is 0 Å². The van der Waals surface area contributed by atoms with Crippen molar-refractivity contribution in [2.24, 2.45) is 5.92 Å². The second-order valence-electron chi connectivity index (χ2n) is 7.10. The van der Waals surface area contributed by atoms with Crippen LogP contribution in [0, 0.1) is 5.92 Å². The molecule has 2 aliphatic rings. The monoisotopic (exact) mass is 342 g/mol. The second-order valence-corrected chi connectivity index (χ2v) is 7.10. The number of benzene rings is 1. The van der Waals surface area contributed by atoms with Gasteiger partial charge in [0.2, 0.25) is 0 Å². The minimum absolute atomic E-state index is 0.192. The van der Waals surface area contributed by atoms with Gasteiger partial charge in [0, 0.05) is 32.6 Å². The first-order valence-corrected chi connectivity index (χ1v) is 9.21. The van der Waals surface area contributed by atoms with Gasteiger partial charge in [-0.15, -0.1) is 0 Å². The molecule has 0 unspecified atom stereocenters. The molecule has 0 amide bonds. The Morgan fingerprint density at radius 2 is 1.88 bits per heavy atom. The van der Waals surface area contributed by atoms with Gasteiger partial charge in [-0.2, -0.15) is 0 Å². The van der Waals surface area contributed by atoms with Crippen LogP contribution in [0.4, 0.5) is 11.6 Å². The van der Waals surface area contributed by atoms with Crippen LogP contribution in [0.15, 0.2) is 24.3 Å². The lowest BCUT2D eigenvalue weighted by molar-refractivity contribution is 0.122. The molecule has 4 rings (SSSR count). The van der Waals surface area contributed by atoms with Gasteiger partial charge in [0.15, 0.2) is 11.6 Å². The highest BCUT2D eigenvalue weighted by Crippen LogP contribution is 2.31. The number of nitrogens with zero attached hydrogens (tertiary/aromatic N) is 4. The quantitative estimate of drug-likeness (QED) is 0.918. The summed E-state index contributed by atoms with van der Waals surface area (Å²) in [5.74, 6) is 2.15. The van der Waals surface area contributed by atoms with Gasteiger partial charge in [-0.05, 0) is 25.0 Å². The molecule has 0 spiro atoms. The van der Waals surface area contributed by atoms with Gasteiger partial charge in [0.1, 0.15) is 0 Å². The van der Waals surface area contributed by atoms with E-state index in [1.165, 1.54) is 0 Å². The molecule has 1 aromatic carbocycles. The number of rotatable bonds is 4. The van der Waals surface area contributed by atoms with Gasteiger partial charge in [0.05, 0.1) is 30.4 Å². The Kier molecular flexibility index (Phi) is 4.72. The minimum atomic E-state index is -0.192. The molecule has 2 aromatic rings. The molecule has 2 atom stereocenters. The van der Waals surface area contributed by atoms with E-state index in [2.05, 4.69) is 16.8 Å². The first-order valence-electron chi connectivity index (χ1n) is 9.21. The standard InChI is InChI=1S/C19H26N4O2/c1-22(13-14-5-4-8-17(14)24)18-19(23-9-11-25-12-10-23)21-16-7-3-2-6-15(16)20-18/h2-3,6-7,14,17,24H,4-5,8-13H2,1H3/t14-,17-/m0/s1. The van der Waals surface area contributed by atoms with Gasteiger partial charge < -0.3 is 19.6 Å². The minimum Gasteiger partial charge on any atom is -0.393 e. The molecule has 2 fully saturated rings. The fraction of sp³-hybridized carbons (Fsp3) is 0.579. The number of hydrogen-bond acceptors (Lipinski definition) is 6. The first-order chi connectivity index (χ1) is 12.2. The van der Waals surface area contributed by atoms with E-state index in [0.717, 1.165) is 74.8 Å². The van der Waals surface area contributed by atoms with Gasteiger partial charge >= 0.3 is 0 Å². The number of hydrogen-bond donors (Lipinski definition) is 1. The molecule has 1 N–H and O–H groups in total. The highest BCUT2D eigenvalue weighted by molar-refractivity contribution is 5.80. The maximum atomic E-state index is 10.2. The third-order valence-corrected chi connectivity index (χ3v) is 5.33. The molecular weight excluding hydrogens is 316 g/mol. The maximum Gasteiger partial charge on any atom is 0.172 e. The first kappa shape index (κ1) is 16.5. The fourth-order valence-electron chi connectivity index (χ4n) is 3.89. The zero-order valence-corrected chi connectivity index (χ0v) is 14.8. The van der Waals surface area contributed by atoms with Crippen LogP contribution in [0.5, 0.6) is 0 Å². The van der Waals surface area contributed by atoms with Crippen molar-refractivity contribution in [1.82, 2.24) is 9.97 Å². The van der Waals surface area contributed by atoms with Crippen LogP contribution in [-0.4, -0.2) is 61.1 Å². The number of aromatic nitrogens is 2. The summed E-state index contributed by atoms with van der Waals surface area (Å²) in [5.41, 5.74) is 1.83. The van der Waals surface area contributed by atoms with Crippen molar-refractivity contribution in [2.75, 3.05) is 49.7 Å². The number of morpholine rings is 1. The van der Waals surface area contributed by atoms with E-state index >= 15 is 0 Å². The molecule has 1 aromatic heterocycles. The highest BCUT2D eigenvalue weighted by Gasteiger charge is 2.28. The van der Waals surface area contributed by atoms with Crippen LogP contribution in [-0.2, 0) is 4.74 Å². The third-order valence-electron chi connectivity index (χ3n) is 5.33. The zero-order chi connectivity index (χ0) is 17.2. The molecule has 2 heterocycles. The van der Waals surface area contributed by atoms with Crippen molar-refractivity contribution < 1.29 is 9.84 Å². The average molecular weight is 342 g/mol. The molecule has 0 radical (unpaired) electrons. The second kappa shape index (κ2) is 7.14. The molecule has 134 valence electrons. The van der Waals surface area contributed by atoms with Crippen LogP contribution in [0.2, 0.25) is 0 Å². The summed E-state index contributed by atoms with van der Waals surface area (Å²) in [6, 6.07) is 8.01. The number of anilines is 2. The summed E-state index contributed by atoms with van der Waals surface area (Å²) in [6.07, 6.45) is 2.92. The third kappa shape index (κ3) is 3.41.